The molecule has 0 fully saturated rings. The molecule has 1 N–H and O–H groups in total. The summed E-state index contributed by atoms with van der Waals surface area (Å²) in [5, 5.41) is 7.49. The summed E-state index contributed by atoms with van der Waals surface area (Å²) >= 11 is 0. The van der Waals surface area contributed by atoms with Crippen molar-refractivity contribution in [3.63, 3.8) is 0 Å². The monoisotopic (exact) mass is 230 g/mol. The Bertz CT molecular complexity index is 490. The standard InChI is InChI=1S/C13H18N4/c1-4-17-13(15-9-16-17)12-8-6-5-7-11(12)10(2)14-3/h5-10,14H,4H2,1-3H3. The van der Waals surface area contributed by atoms with Crippen LogP contribution in [0.1, 0.15) is 25.5 Å². The molecule has 1 atom stereocenters. The molecule has 1 unspecified atom stereocenters. The highest BCUT2D eigenvalue weighted by molar-refractivity contribution is 5.61. The van der Waals surface area contributed by atoms with Crippen molar-refractivity contribution in [2.75, 3.05) is 7.05 Å². The van der Waals surface area contributed by atoms with Crippen LogP contribution in [0, 0.1) is 0 Å². The van der Waals surface area contributed by atoms with Gasteiger partial charge >= 0.3 is 0 Å². The van der Waals surface area contributed by atoms with Gasteiger partial charge in [-0.25, -0.2) is 9.67 Å². The van der Waals surface area contributed by atoms with E-state index >= 15 is 0 Å². The summed E-state index contributed by atoms with van der Waals surface area (Å²) in [5.41, 5.74) is 2.39. The summed E-state index contributed by atoms with van der Waals surface area (Å²) < 4.78 is 1.92. The zero-order chi connectivity index (χ0) is 12.3. The Morgan fingerprint density at radius 2 is 2.12 bits per heavy atom. The molecule has 0 saturated carbocycles. The van der Waals surface area contributed by atoms with Crippen LogP contribution in [-0.4, -0.2) is 21.8 Å². The molecule has 0 aliphatic heterocycles. The molecule has 1 heterocycles. The zero-order valence-electron chi connectivity index (χ0n) is 10.5. The van der Waals surface area contributed by atoms with Gasteiger partial charge in [-0.1, -0.05) is 24.3 Å². The third-order valence-electron chi connectivity index (χ3n) is 3.02. The molecule has 4 heteroatoms. The van der Waals surface area contributed by atoms with E-state index < -0.39 is 0 Å². The Balaban J connectivity index is 2.52. The van der Waals surface area contributed by atoms with E-state index in [1.807, 2.05) is 17.8 Å². The van der Waals surface area contributed by atoms with Gasteiger partial charge in [-0.15, -0.1) is 0 Å². The van der Waals surface area contributed by atoms with Gasteiger partial charge in [0.05, 0.1) is 0 Å². The quantitative estimate of drug-likeness (QED) is 0.876. The average Bonchev–Trinajstić information content (AvgIpc) is 2.86. The Morgan fingerprint density at radius 3 is 2.82 bits per heavy atom. The first-order valence-electron chi connectivity index (χ1n) is 5.92. The SMILES string of the molecule is CCn1ncnc1-c1ccccc1C(C)NC. The fraction of sp³-hybridized carbons (Fsp3) is 0.385. The second-order valence-electron chi connectivity index (χ2n) is 4.00. The maximum Gasteiger partial charge on any atom is 0.158 e. The third-order valence-corrected chi connectivity index (χ3v) is 3.02. The summed E-state index contributed by atoms with van der Waals surface area (Å²) in [7, 11) is 1.96. The highest BCUT2D eigenvalue weighted by atomic mass is 15.3. The van der Waals surface area contributed by atoms with Crippen LogP contribution in [-0.2, 0) is 6.54 Å². The largest absolute Gasteiger partial charge is 0.313 e. The molecular weight excluding hydrogens is 212 g/mol. The molecule has 1 aromatic heterocycles. The lowest BCUT2D eigenvalue weighted by molar-refractivity contribution is 0.644. The molecule has 90 valence electrons. The summed E-state index contributed by atoms with van der Waals surface area (Å²) in [6, 6.07) is 8.62. The minimum Gasteiger partial charge on any atom is -0.313 e. The van der Waals surface area contributed by atoms with E-state index in [0.29, 0.717) is 6.04 Å². The number of hydrogen-bond donors (Lipinski definition) is 1. The number of rotatable bonds is 4. The Morgan fingerprint density at radius 1 is 1.35 bits per heavy atom. The lowest BCUT2D eigenvalue weighted by Gasteiger charge is -2.15. The first-order valence-corrected chi connectivity index (χ1v) is 5.92. The van der Waals surface area contributed by atoms with Crippen LogP contribution in [0.25, 0.3) is 11.4 Å². The van der Waals surface area contributed by atoms with Gasteiger partial charge < -0.3 is 5.32 Å². The molecule has 0 aliphatic rings. The highest BCUT2D eigenvalue weighted by Gasteiger charge is 2.13. The van der Waals surface area contributed by atoms with Gasteiger partial charge in [-0.2, -0.15) is 5.10 Å². The highest BCUT2D eigenvalue weighted by Crippen LogP contribution is 2.26. The van der Waals surface area contributed by atoms with Crippen molar-refractivity contribution in [3.05, 3.63) is 36.2 Å². The lowest BCUT2D eigenvalue weighted by Crippen LogP contribution is -2.14. The third kappa shape index (κ3) is 2.22. The van der Waals surface area contributed by atoms with Crippen LogP contribution in [0.4, 0.5) is 0 Å². The van der Waals surface area contributed by atoms with Gasteiger partial charge in [-0.3, -0.25) is 0 Å². The minimum absolute atomic E-state index is 0.299. The van der Waals surface area contributed by atoms with Gasteiger partial charge in [0.25, 0.3) is 0 Å². The van der Waals surface area contributed by atoms with Gasteiger partial charge in [0.15, 0.2) is 5.82 Å². The average molecular weight is 230 g/mol. The van der Waals surface area contributed by atoms with E-state index in [9.17, 15) is 0 Å². The van der Waals surface area contributed by atoms with Crippen LogP contribution < -0.4 is 5.32 Å². The van der Waals surface area contributed by atoms with Crippen LogP contribution in [0.5, 0.6) is 0 Å². The molecule has 0 aliphatic carbocycles. The van der Waals surface area contributed by atoms with E-state index in [-0.39, 0.29) is 0 Å². The van der Waals surface area contributed by atoms with Gasteiger partial charge in [0.1, 0.15) is 6.33 Å². The molecule has 0 spiro atoms. The first kappa shape index (κ1) is 11.8. The number of aromatic nitrogens is 3. The van der Waals surface area contributed by atoms with E-state index in [4.69, 9.17) is 0 Å². The van der Waals surface area contributed by atoms with Crippen molar-refractivity contribution in [1.82, 2.24) is 20.1 Å². The number of nitrogens with one attached hydrogen (secondary N) is 1. The fourth-order valence-corrected chi connectivity index (χ4v) is 1.94. The molecule has 17 heavy (non-hydrogen) atoms. The molecule has 4 nitrogen and oxygen atoms in total. The predicted octanol–water partition coefficient (Wildman–Crippen LogP) is 2.25. The minimum atomic E-state index is 0.299. The molecule has 0 amide bonds. The Labute approximate surface area is 102 Å². The van der Waals surface area contributed by atoms with E-state index in [1.54, 1.807) is 6.33 Å². The van der Waals surface area contributed by atoms with Crippen molar-refractivity contribution >= 4 is 0 Å². The maximum absolute atomic E-state index is 4.36. The molecule has 0 bridgehead atoms. The second kappa shape index (κ2) is 5.10. The van der Waals surface area contributed by atoms with Crippen molar-refractivity contribution in [2.24, 2.45) is 0 Å². The van der Waals surface area contributed by atoms with Crippen LogP contribution >= 0.6 is 0 Å². The first-order chi connectivity index (χ1) is 8.27. The Kier molecular flexibility index (Phi) is 3.54. The van der Waals surface area contributed by atoms with Gasteiger partial charge in [0.2, 0.25) is 0 Å². The summed E-state index contributed by atoms with van der Waals surface area (Å²) in [4.78, 5) is 4.36. The summed E-state index contributed by atoms with van der Waals surface area (Å²) in [5.74, 6) is 0.935. The second-order valence-corrected chi connectivity index (χ2v) is 4.00. The zero-order valence-corrected chi connectivity index (χ0v) is 10.5. The topological polar surface area (TPSA) is 42.7 Å². The van der Waals surface area contributed by atoms with E-state index in [2.05, 4.69) is 47.4 Å². The van der Waals surface area contributed by atoms with E-state index in [1.165, 1.54) is 5.56 Å². The van der Waals surface area contributed by atoms with Crippen molar-refractivity contribution < 1.29 is 0 Å². The number of aryl methyl sites for hydroxylation is 1. The molecule has 0 saturated heterocycles. The normalized spacial score (nSPS) is 12.6. The molecule has 0 radical (unpaired) electrons. The van der Waals surface area contributed by atoms with Gasteiger partial charge in [-0.05, 0) is 26.5 Å². The molecule has 2 rings (SSSR count). The fourth-order valence-electron chi connectivity index (χ4n) is 1.94. The smallest absolute Gasteiger partial charge is 0.158 e. The number of nitrogens with zero attached hydrogens (tertiary/aromatic N) is 3. The number of hydrogen-bond acceptors (Lipinski definition) is 3. The predicted molar refractivity (Wildman–Crippen MR) is 68.6 cm³/mol. The Hall–Kier alpha value is -1.68. The maximum atomic E-state index is 4.36. The molecule has 1 aromatic carbocycles. The molecular formula is C13H18N4. The van der Waals surface area contributed by atoms with Crippen molar-refractivity contribution in [3.8, 4) is 11.4 Å². The summed E-state index contributed by atoms with van der Waals surface area (Å²) in [6.07, 6.45) is 1.61. The van der Waals surface area contributed by atoms with Crippen molar-refractivity contribution in [2.45, 2.75) is 26.4 Å². The molecule has 2 aromatic rings. The number of benzene rings is 1. The van der Waals surface area contributed by atoms with Crippen LogP contribution in [0.2, 0.25) is 0 Å². The van der Waals surface area contributed by atoms with E-state index in [0.717, 1.165) is 17.9 Å². The summed E-state index contributed by atoms with van der Waals surface area (Å²) in [6.45, 7) is 5.05. The van der Waals surface area contributed by atoms with Crippen LogP contribution in [0.3, 0.4) is 0 Å². The van der Waals surface area contributed by atoms with Gasteiger partial charge in [0, 0.05) is 18.2 Å². The van der Waals surface area contributed by atoms with Crippen molar-refractivity contribution in [1.29, 1.82) is 0 Å². The van der Waals surface area contributed by atoms with Crippen LogP contribution in [0.15, 0.2) is 30.6 Å². The lowest BCUT2D eigenvalue weighted by atomic mass is 10.0.